The normalized spacial score (nSPS) is 12.9. The third-order valence-electron chi connectivity index (χ3n) is 4.69. The summed E-state index contributed by atoms with van der Waals surface area (Å²) in [5.74, 6) is -0.144. The van der Waals surface area contributed by atoms with Gasteiger partial charge < -0.3 is 4.57 Å². The summed E-state index contributed by atoms with van der Waals surface area (Å²) in [6.07, 6.45) is 0. The largest absolute Gasteiger partial charge is 0.329 e. The van der Waals surface area contributed by atoms with Crippen LogP contribution in [0, 0.1) is 5.82 Å². The fraction of sp³-hybridized carbons (Fsp3) is 0.0952. The summed E-state index contributed by atoms with van der Waals surface area (Å²) in [5, 5.41) is -0.258. The van der Waals surface area contributed by atoms with Crippen LogP contribution in [0.2, 0.25) is 5.02 Å². The fourth-order valence-corrected chi connectivity index (χ4v) is 4.66. The van der Waals surface area contributed by atoms with Gasteiger partial charge in [-0.2, -0.15) is 4.72 Å². The number of hydrogen-bond acceptors (Lipinski definition) is 3. The molecule has 4 rings (SSSR count). The van der Waals surface area contributed by atoms with Gasteiger partial charge in [-0.15, -0.1) is 0 Å². The Morgan fingerprint density at radius 1 is 1.03 bits per heavy atom. The first kappa shape index (κ1) is 19.6. The maximum atomic E-state index is 13.5. The Labute approximate surface area is 172 Å². The number of imidazole rings is 1. The molecular weight excluding hydrogens is 413 g/mol. The van der Waals surface area contributed by atoms with Crippen LogP contribution >= 0.6 is 11.6 Å². The second-order valence-corrected chi connectivity index (χ2v) is 8.68. The predicted molar refractivity (Wildman–Crippen MR) is 111 cm³/mol. The van der Waals surface area contributed by atoms with Crippen LogP contribution in [0.15, 0.2) is 77.7 Å². The maximum absolute atomic E-state index is 13.5. The predicted octanol–water partition coefficient (Wildman–Crippen LogP) is 4.43. The monoisotopic (exact) mass is 429 g/mol. The molecule has 1 aromatic heterocycles. The lowest BCUT2D eigenvalue weighted by atomic mass is 10.1. The molecule has 3 aromatic carbocycles. The Balaban J connectivity index is 1.83. The molecule has 0 spiro atoms. The van der Waals surface area contributed by atoms with Gasteiger partial charge in [0.2, 0.25) is 10.0 Å². The second kappa shape index (κ2) is 7.59. The Morgan fingerprint density at radius 3 is 2.41 bits per heavy atom. The molecule has 4 aromatic rings. The first-order chi connectivity index (χ1) is 13.9. The third kappa shape index (κ3) is 3.76. The van der Waals surface area contributed by atoms with Crippen molar-refractivity contribution in [1.29, 1.82) is 0 Å². The number of fused-ring (bicyclic) bond motifs is 1. The zero-order valence-corrected chi connectivity index (χ0v) is 17.0. The number of halogens is 2. The Kier molecular flexibility index (Phi) is 5.12. The number of hydrogen-bond donors (Lipinski definition) is 1. The van der Waals surface area contributed by atoms with E-state index in [9.17, 15) is 12.8 Å². The Morgan fingerprint density at radius 2 is 1.72 bits per heavy atom. The number of aromatic nitrogens is 2. The highest BCUT2D eigenvalue weighted by Crippen LogP contribution is 2.27. The van der Waals surface area contributed by atoms with Gasteiger partial charge in [-0.3, -0.25) is 0 Å². The number of sulfonamides is 1. The molecule has 0 aliphatic carbocycles. The summed E-state index contributed by atoms with van der Waals surface area (Å²) in [6, 6.07) is 19.3. The van der Waals surface area contributed by atoms with Crippen molar-refractivity contribution in [3.05, 3.63) is 95.0 Å². The first-order valence-electron chi connectivity index (χ1n) is 8.80. The van der Waals surface area contributed by atoms with Gasteiger partial charge in [0.05, 0.1) is 21.0 Å². The van der Waals surface area contributed by atoms with E-state index < -0.39 is 21.9 Å². The molecule has 8 heteroatoms. The Hall–Kier alpha value is -2.74. The molecule has 0 aliphatic heterocycles. The van der Waals surface area contributed by atoms with Crippen LogP contribution in [0.1, 0.15) is 17.4 Å². The quantitative estimate of drug-likeness (QED) is 0.510. The summed E-state index contributed by atoms with van der Waals surface area (Å²) in [4.78, 5) is 4.53. The minimum absolute atomic E-state index is 0.122. The lowest BCUT2D eigenvalue weighted by Gasteiger charge is -2.19. The number of benzene rings is 3. The van der Waals surface area contributed by atoms with Crippen LogP contribution in [0.5, 0.6) is 0 Å². The highest BCUT2D eigenvalue weighted by molar-refractivity contribution is 7.89. The molecule has 1 atom stereocenters. The van der Waals surface area contributed by atoms with Gasteiger partial charge in [0.1, 0.15) is 17.7 Å². The van der Waals surface area contributed by atoms with Crippen LogP contribution in [0.25, 0.3) is 11.0 Å². The van der Waals surface area contributed by atoms with Gasteiger partial charge in [-0.25, -0.2) is 17.8 Å². The topological polar surface area (TPSA) is 64.0 Å². The highest BCUT2D eigenvalue weighted by atomic mass is 35.5. The van der Waals surface area contributed by atoms with E-state index in [-0.39, 0.29) is 9.92 Å². The molecule has 0 aliphatic rings. The van der Waals surface area contributed by atoms with Crippen LogP contribution in [-0.2, 0) is 17.1 Å². The zero-order valence-electron chi connectivity index (χ0n) is 15.4. The van der Waals surface area contributed by atoms with E-state index in [4.69, 9.17) is 11.6 Å². The molecule has 0 bridgehead atoms. The van der Waals surface area contributed by atoms with Gasteiger partial charge in [0, 0.05) is 7.05 Å². The van der Waals surface area contributed by atoms with Gasteiger partial charge in [0.25, 0.3) is 0 Å². The zero-order chi connectivity index (χ0) is 20.6. The third-order valence-corrected chi connectivity index (χ3v) is 6.40. The number of nitrogens with zero attached hydrogens (tertiary/aromatic N) is 2. The van der Waals surface area contributed by atoms with E-state index in [1.807, 2.05) is 66.2 Å². The molecule has 1 heterocycles. The molecule has 29 heavy (non-hydrogen) atoms. The minimum atomic E-state index is -4.00. The molecule has 1 unspecified atom stereocenters. The first-order valence-corrected chi connectivity index (χ1v) is 10.7. The molecule has 5 nitrogen and oxygen atoms in total. The van der Waals surface area contributed by atoms with Crippen molar-refractivity contribution in [2.45, 2.75) is 10.9 Å². The number of aryl methyl sites for hydroxylation is 1. The van der Waals surface area contributed by atoms with Crippen LogP contribution in [0.4, 0.5) is 4.39 Å². The van der Waals surface area contributed by atoms with Crippen molar-refractivity contribution in [1.82, 2.24) is 14.3 Å². The smallest absolute Gasteiger partial charge is 0.241 e. The molecular formula is C21H17ClFN3O2S. The summed E-state index contributed by atoms with van der Waals surface area (Å²) >= 11 is 5.79. The van der Waals surface area contributed by atoms with E-state index >= 15 is 0 Å². The molecule has 0 amide bonds. The summed E-state index contributed by atoms with van der Waals surface area (Å²) in [7, 11) is -2.17. The van der Waals surface area contributed by atoms with Crippen LogP contribution in [-0.4, -0.2) is 18.0 Å². The average Bonchev–Trinajstić information content (AvgIpc) is 3.05. The van der Waals surface area contributed by atoms with E-state index in [1.165, 1.54) is 6.07 Å². The average molecular weight is 430 g/mol. The lowest BCUT2D eigenvalue weighted by molar-refractivity contribution is 0.563. The van der Waals surface area contributed by atoms with Gasteiger partial charge in [0.15, 0.2) is 0 Å². The molecule has 148 valence electrons. The van der Waals surface area contributed by atoms with Crippen molar-refractivity contribution in [2.24, 2.45) is 7.05 Å². The minimum Gasteiger partial charge on any atom is -0.329 e. The Bertz CT molecular complexity index is 1290. The van der Waals surface area contributed by atoms with E-state index in [2.05, 4.69) is 9.71 Å². The SMILES string of the molecule is Cn1c(C(NS(=O)(=O)c2ccc(F)c(Cl)c2)c2ccccc2)nc2ccccc21. The summed E-state index contributed by atoms with van der Waals surface area (Å²) in [6.45, 7) is 0. The molecule has 0 fully saturated rings. The fourth-order valence-electron chi connectivity index (χ4n) is 3.20. The maximum Gasteiger partial charge on any atom is 0.241 e. The van der Waals surface area contributed by atoms with Crippen molar-refractivity contribution in [3.63, 3.8) is 0 Å². The van der Waals surface area contributed by atoms with Crippen molar-refractivity contribution in [2.75, 3.05) is 0 Å². The van der Waals surface area contributed by atoms with Crippen LogP contribution in [0.3, 0.4) is 0 Å². The van der Waals surface area contributed by atoms with Crippen LogP contribution < -0.4 is 4.72 Å². The van der Waals surface area contributed by atoms with Crippen molar-refractivity contribution < 1.29 is 12.8 Å². The van der Waals surface area contributed by atoms with Crippen molar-refractivity contribution >= 4 is 32.7 Å². The van der Waals surface area contributed by atoms with Gasteiger partial charge in [-0.1, -0.05) is 54.1 Å². The molecule has 0 saturated carbocycles. The lowest BCUT2D eigenvalue weighted by Crippen LogP contribution is -2.31. The van der Waals surface area contributed by atoms with E-state index in [0.29, 0.717) is 5.82 Å². The second-order valence-electron chi connectivity index (χ2n) is 6.56. The highest BCUT2D eigenvalue weighted by Gasteiger charge is 2.27. The number of nitrogens with one attached hydrogen (secondary N) is 1. The summed E-state index contributed by atoms with van der Waals surface area (Å²) in [5.41, 5.74) is 2.37. The summed E-state index contributed by atoms with van der Waals surface area (Å²) < 4.78 is 44.1. The van der Waals surface area contributed by atoms with Gasteiger partial charge in [-0.05, 0) is 35.9 Å². The van der Waals surface area contributed by atoms with Crippen molar-refractivity contribution in [3.8, 4) is 0 Å². The number of rotatable bonds is 5. The molecule has 0 saturated heterocycles. The van der Waals surface area contributed by atoms with E-state index in [0.717, 1.165) is 28.7 Å². The molecule has 0 radical (unpaired) electrons. The standard InChI is InChI=1S/C21H17ClFN3O2S/c1-26-19-10-6-5-9-18(19)24-21(26)20(14-7-3-2-4-8-14)25-29(27,28)15-11-12-17(23)16(22)13-15/h2-13,20,25H,1H3. The van der Waals surface area contributed by atoms with E-state index in [1.54, 1.807) is 0 Å². The number of para-hydroxylation sites is 2. The van der Waals surface area contributed by atoms with Gasteiger partial charge >= 0.3 is 0 Å². The molecule has 1 N–H and O–H groups in total.